The van der Waals surface area contributed by atoms with Crippen LogP contribution < -0.4 is 15.0 Å². The summed E-state index contributed by atoms with van der Waals surface area (Å²) < 4.78 is 5.74. The Morgan fingerprint density at radius 2 is 1.46 bits per heavy atom. The number of hydrogen-bond donors (Lipinski definition) is 1. The molecule has 4 amide bonds. The van der Waals surface area contributed by atoms with Crippen LogP contribution in [0.3, 0.4) is 0 Å². The Labute approximate surface area is 224 Å². The van der Waals surface area contributed by atoms with Crippen molar-refractivity contribution < 1.29 is 19.1 Å². The van der Waals surface area contributed by atoms with E-state index in [2.05, 4.69) is 5.32 Å². The lowest BCUT2D eigenvalue weighted by atomic mass is 10.1. The third-order valence-corrected chi connectivity index (χ3v) is 6.44. The molecule has 1 saturated heterocycles. The molecule has 1 heterocycles. The van der Waals surface area contributed by atoms with Gasteiger partial charge in [-0.1, -0.05) is 64.1 Å². The van der Waals surface area contributed by atoms with Gasteiger partial charge in [-0.05, 0) is 65.7 Å². The molecule has 0 spiro atoms. The number of carbonyl (C=O) groups excluding carboxylic acids is 3. The highest BCUT2D eigenvalue weighted by Crippen LogP contribution is 2.36. The third kappa shape index (κ3) is 5.58. The largest absolute Gasteiger partial charge is 0.486 e. The number of halogens is 5. The molecule has 1 N–H and O–H groups in total. The van der Waals surface area contributed by atoms with Crippen LogP contribution in [0.15, 0.2) is 60.2 Å². The van der Waals surface area contributed by atoms with E-state index >= 15 is 0 Å². The number of barbiturate groups is 1. The summed E-state index contributed by atoms with van der Waals surface area (Å²) in [5.74, 6) is -1.45. The molecule has 1 aliphatic heterocycles. The highest BCUT2D eigenvalue weighted by Gasteiger charge is 2.36. The van der Waals surface area contributed by atoms with Crippen LogP contribution in [0.25, 0.3) is 6.08 Å². The van der Waals surface area contributed by atoms with Crippen molar-refractivity contribution in [1.82, 2.24) is 5.32 Å². The van der Waals surface area contributed by atoms with Crippen molar-refractivity contribution in [3.8, 4) is 5.75 Å². The Morgan fingerprint density at radius 1 is 0.800 bits per heavy atom. The van der Waals surface area contributed by atoms with E-state index in [-0.39, 0.29) is 33.7 Å². The quantitative estimate of drug-likeness (QED) is 0.260. The van der Waals surface area contributed by atoms with E-state index in [0.717, 1.165) is 10.5 Å². The second-order valence-corrected chi connectivity index (χ2v) is 9.35. The van der Waals surface area contributed by atoms with Crippen LogP contribution in [0.2, 0.25) is 25.1 Å². The molecule has 1 aliphatic rings. The van der Waals surface area contributed by atoms with Gasteiger partial charge in [0.2, 0.25) is 0 Å². The molecule has 0 bridgehead atoms. The lowest BCUT2D eigenvalue weighted by Gasteiger charge is -2.26. The summed E-state index contributed by atoms with van der Waals surface area (Å²) in [4.78, 5) is 38.6. The van der Waals surface area contributed by atoms with E-state index < -0.39 is 17.8 Å². The number of rotatable bonds is 5. The zero-order valence-corrected chi connectivity index (χ0v) is 21.2. The Kier molecular flexibility index (Phi) is 7.59. The predicted octanol–water partition coefficient (Wildman–Crippen LogP) is 7.20. The highest BCUT2D eigenvalue weighted by atomic mass is 35.5. The molecular formula is C24H13Cl5N2O4. The van der Waals surface area contributed by atoms with E-state index in [1.165, 1.54) is 42.5 Å². The van der Waals surface area contributed by atoms with Crippen LogP contribution in [-0.2, 0) is 16.2 Å². The van der Waals surface area contributed by atoms with Gasteiger partial charge in [-0.15, -0.1) is 0 Å². The summed E-state index contributed by atoms with van der Waals surface area (Å²) >= 11 is 30.6. The lowest BCUT2D eigenvalue weighted by Crippen LogP contribution is -2.54. The van der Waals surface area contributed by atoms with Crippen molar-refractivity contribution in [2.75, 3.05) is 4.90 Å². The van der Waals surface area contributed by atoms with Gasteiger partial charge in [0.05, 0.1) is 25.8 Å². The topological polar surface area (TPSA) is 75.7 Å². The number of nitrogens with one attached hydrogen (secondary N) is 1. The van der Waals surface area contributed by atoms with Gasteiger partial charge >= 0.3 is 6.03 Å². The predicted molar refractivity (Wildman–Crippen MR) is 138 cm³/mol. The minimum absolute atomic E-state index is 0.121. The minimum Gasteiger partial charge on any atom is -0.486 e. The van der Waals surface area contributed by atoms with Crippen molar-refractivity contribution >= 4 is 87.6 Å². The van der Waals surface area contributed by atoms with Gasteiger partial charge in [0.15, 0.2) is 5.75 Å². The standard InChI is InChI=1S/C24H13Cl5N2O4/c25-14-2-4-15(5-3-14)31-23(33)16(22(32)30-24(31)34)7-13-9-19(28)21(20(29)10-13)35-11-12-1-6-17(26)18(27)8-12/h1-10H,11H2,(H,30,32,34)/b16-7+. The molecule has 0 radical (unpaired) electrons. The summed E-state index contributed by atoms with van der Waals surface area (Å²) in [5, 5.41) is 3.68. The average molecular weight is 571 g/mol. The zero-order chi connectivity index (χ0) is 25.3. The Bertz CT molecular complexity index is 1370. The number of carbonyl (C=O) groups is 3. The van der Waals surface area contributed by atoms with Crippen molar-refractivity contribution in [2.45, 2.75) is 6.61 Å². The van der Waals surface area contributed by atoms with E-state index in [1.54, 1.807) is 18.2 Å². The van der Waals surface area contributed by atoms with Crippen LogP contribution in [-0.4, -0.2) is 17.8 Å². The van der Waals surface area contributed by atoms with Crippen molar-refractivity contribution in [3.63, 3.8) is 0 Å². The number of benzene rings is 3. The number of ether oxygens (including phenoxy) is 1. The molecule has 0 aromatic heterocycles. The first-order valence-corrected chi connectivity index (χ1v) is 11.8. The van der Waals surface area contributed by atoms with Crippen LogP contribution in [0.4, 0.5) is 10.5 Å². The normalized spacial score (nSPS) is 14.9. The highest BCUT2D eigenvalue weighted by molar-refractivity contribution is 6.42. The molecule has 1 fully saturated rings. The van der Waals surface area contributed by atoms with Gasteiger partial charge in [0.25, 0.3) is 11.8 Å². The number of urea groups is 1. The molecule has 6 nitrogen and oxygen atoms in total. The van der Waals surface area contributed by atoms with E-state index in [4.69, 9.17) is 62.7 Å². The maximum atomic E-state index is 13.0. The van der Waals surface area contributed by atoms with Gasteiger partial charge in [-0.3, -0.25) is 14.9 Å². The van der Waals surface area contributed by atoms with Gasteiger partial charge in [0, 0.05) is 5.02 Å². The molecule has 178 valence electrons. The molecule has 4 rings (SSSR count). The molecule has 0 aliphatic carbocycles. The number of anilines is 1. The van der Waals surface area contributed by atoms with E-state index in [0.29, 0.717) is 20.6 Å². The van der Waals surface area contributed by atoms with Crippen LogP contribution in [0, 0.1) is 0 Å². The van der Waals surface area contributed by atoms with Crippen molar-refractivity contribution in [3.05, 3.63) is 96.4 Å². The maximum absolute atomic E-state index is 13.0. The average Bonchev–Trinajstić information content (AvgIpc) is 2.79. The Hall–Kier alpha value is -2.74. The fourth-order valence-corrected chi connectivity index (χ4v) is 4.29. The summed E-state index contributed by atoms with van der Waals surface area (Å²) in [5.41, 5.74) is 1.06. The number of nitrogens with zero attached hydrogens (tertiary/aromatic N) is 1. The maximum Gasteiger partial charge on any atom is 0.335 e. The molecule has 35 heavy (non-hydrogen) atoms. The van der Waals surface area contributed by atoms with Crippen LogP contribution in [0.1, 0.15) is 11.1 Å². The third-order valence-electron chi connectivity index (χ3n) is 4.89. The fraction of sp³-hybridized carbons (Fsp3) is 0.0417. The lowest BCUT2D eigenvalue weighted by molar-refractivity contribution is -0.122. The van der Waals surface area contributed by atoms with E-state index in [1.807, 2.05) is 0 Å². The summed E-state index contributed by atoms with van der Waals surface area (Å²) in [6.07, 6.45) is 1.29. The summed E-state index contributed by atoms with van der Waals surface area (Å²) in [7, 11) is 0. The number of hydrogen-bond acceptors (Lipinski definition) is 4. The molecule has 3 aromatic carbocycles. The van der Waals surface area contributed by atoms with Gasteiger partial charge in [-0.2, -0.15) is 0 Å². The van der Waals surface area contributed by atoms with Crippen LogP contribution in [0.5, 0.6) is 5.75 Å². The second kappa shape index (κ2) is 10.5. The first-order chi connectivity index (χ1) is 16.6. The molecule has 3 aromatic rings. The molecule has 0 saturated carbocycles. The van der Waals surface area contributed by atoms with Crippen LogP contribution >= 0.6 is 58.0 Å². The second-order valence-electron chi connectivity index (χ2n) is 7.29. The summed E-state index contributed by atoms with van der Waals surface area (Å²) in [6, 6.07) is 13.2. The molecule has 11 heteroatoms. The summed E-state index contributed by atoms with van der Waals surface area (Å²) in [6.45, 7) is 0.121. The van der Waals surface area contributed by atoms with E-state index in [9.17, 15) is 14.4 Å². The fourth-order valence-electron chi connectivity index (χ4n) is 3.23. The van der Waals surface area contributed by atoms with Gasteiger partial charge < -0.3 is 4.74 Å². The van der Waals surface area contributed by atoms with Crippen molar-refractivity contribution in [2.24, 2.45) is 0 Å². The first-order valence-electron chi connectivity index (χ1n) is 9.87. The van der Waals surface area contributed by atoms with Gasteiger partial charge in [-0.25, -0.2) is 9.69 Å². The zero-order valence-electron chi connectivity index (χ0n) is 17.5. The Balaban J connectivity index is 1.59. The monoisotopic (exact) mass is 568 g/mol. The van der Waals surface area contributed by atoms with Gasteiger partial charge in [0.1, 0.15) is 12.2 Å². The first kappa shape index (κ1) is 25.4. The molecule has 0 atom stereocenters. The smallest absolute Gasteiger partial charge is 0.335 e. The minimum atomic E-state index is -0.874. The Morgan fingerprint density at radius 3 is 2.09 bits per heavy atom. The number of amides is 4. The van der Waals surface area contributed by atoms with Crippen molar-refractivity contribution in [1.29, 1.82) is 0 Å². The molecular weight excluding hydrogens is 558 g/mol. The molecule has 0 unspecified atom stereocenters. The SMILES string of the molecule is O=C1NC(=O)N(c2ccc(Cl)cc2)C(=O)/C1=C/c1cc(Cl)c(OCc2ccc(Cl)c(Cl)c2)c(Cl)c1. The number of imide groups is 2.